The number of ether oxygens (including phenoxy) is 1. The van der Waals surface area contributed by atoms with Crippen molar-refractivity contribution in [2.45, 2.75) is 43.5 Å². The molecule has 0 aromatic heterocycles. The van der Waals surface area contributed by atoms with Gasteiger partial charge in [0.25, 0.3) is 10.0 Å². The van der Waals surface area contributed by atoms with Crippen LogP contribution in [0, 0.1) is 0 Å². The van der Waals surface area contributed by atoms with Crippen LogP contribution in [0.2, 0.25) is 0 Å². The van der Waals surface area contributed by atoms with Gasteiger partial charge in [-0.05, 0) is 48.3 Å². The maximum atomic E-state index is 12.6. The highest BCUT2D eigenvalue weighted by Crippen LogP contribution is 2.25. The van der Waals surface area contributed by atoms with Crippen molar-refractivity contribution < 1.29 is 17.9 Å². The van der Waals surface area contributed by atoms with Gasteiger partial charge >= 0.3 is 0 Å². The minimum atomic E-state index is -3.92. The molecule has 0 spiro atoms. The quantitative estimate of drug-likeness (QED) is 0.469. The highest BCUT2D eigenvalue weighted by Gasteiger charge is 2.21. The number of thiocarbonyl (C=S) groups is 1. The second-order valence-corrected chi connectivity index (χ2v) is 9.05. The summed E-state index contributed by atoms with van der Waals surface area (Å²) in [6, 6.07) is 14.7. The van der Waals surface area contributed by atoms with Crippen LogP contribution in [0.4, 0.5) is 0 Å². The third kappa shape index (κ3) is 7.22. The van der Waals surface area contributed by atoms with Gasteiger partial charge in [0, 0.05) is 13.5 Å². The zero-order valence-electron chi connectivity index (χ0n) is 18.0. The molecule has 7 nitrogen and oxygen atoms in total. The molecule has 9 heteroatoms. The first-order valence-corrected chi connectivity index (χ1v) is 12.0. The smallest absolute Gasteiger partial charge is 0.267 e. The molecule has 1 atom stereocenters. The molecule has 2 aromatic rings. The number of aryl methyl sites for hydroxylation is 1. The van der Waals surface area contributed by atoms with Gasteiger partial charge in [0.05, 0.1) is 13.2 Å². The van der Waals surface area contributed by atoms with Gasteiger partial charge in [-0.25, -0.2) is 8.42 Å². The molecule has 0 saturated heterocycles. The normalized spacial score (nSPS) is 12.0. The lowest BCUT2D eigenvalue weighted by molar-refractivity contribution is -0.121. The average molecular weight is 464 g/mol. The highest BCUT2D eigenvalue weighted by atomic mass is 32.2. The second-order valence-electron chi connectivity index (χ2n) is 6.99. The first-order chi connectivity index (χ1) is 14.8. The molecule has 0 radical (unpaired) electrons. The van der Waals surface area contributed by atoms with E-state index >= 15 is 0 Å². The number of nitrogens with one attached hydrogen (secondary N) is 3. The van der Waals surface area contributed by atoms with E-state index in [-0.39, 0.29) is 34.1 Å². The average Bonchev–Trinajstić information content (AvgIpc) is 2.77. The predicted molar refractivity (Wildman–Crippen MR) is 126 cm³/mol. The van der Waals surface area contributed by atoms with Gasteiger partial charge in [-0.15, -0.1) is 0 Å². The summed E-state index contributed by atoms with van der Waals surface area (Å²) in [4.78, 5) is 12.5. The van der Waals surface area contributed by atoms with Crippen LogP contribution < -0.4 is 20.1 Å². The molecule has 0 saturated carbocycles. The van der Waals surface area contributed by atoms with Gasteiger partial charge in [0.15, 0.2) is 5.11 Å². The first kappa shape index (κ1) is 24.6. The fourth-order valence-corrected chi connectivity index (χ4v) is 4.64. The standard InChI is InChI=1S/C22H29N3O4S2/c1-4-8-18(17-9-6-5-7-10-17)24-21(26)14-12-16-11-13-19(29-3)20(15-16)31(27,28)25-22(30)23-2/h5-7,9-11,13,15,18H,4,8,12,14H2,1-3H3,(H,24,26)(H2,23,25,30)/t18-/m0/s1. The molecular weight excluding hydrogens is 434 g/mol. The van der Waals surface area contributed by atoms with E-state index in [1.165, 1.54) is 20.2 Å². The molecule has 2 aromatic carbocycles. The summed E-state index contributed by atoms with van der Waals surface area (Å²) in [5.74, 6) is 0.115. The Morgan fingerprint density at radius 1 is 1.16 bits per heavy atom. The lowest BCUT2D eigenvalue weighted by atomic mass is 10.0. The van der Waals surface area contributed by atoms with Crippen molar-refractivity contribution in [2.24, 2.45) is 0 Å². The first-order valence-electron chi connectivity index (χ1n) is 10.1. The lowest BCUT2D eigenvalue weighted by Gasteiger charge is -2.19. The van der Waals surface area contributed by atoms with E-state index in [1.54, 1.807) is 12.1 Å². The number of benzene rings is 2. The third-order valence-corrected chi connectivity index (χ3v) is 6.53. The molecule has 0 heterocycles. The van der Waals surface area contributed by atoms with Gasteiger partial charge in [-0.1, -0.05) is 49.7 Å². The van der Waals surface area contributed by atoms with E-state index in [2.05, 4.69) is 22.3 Å². The molecule has 0 unspecified atom stereocenters. The van der Waals surface area contributed by atoms with Crippen molar-refractivity contribution in [3.8, 4) is 5.75 Å². The summed E-state index contributed by atoms with van der Waals surface area (Å²) in [7, 11) is -0.993. The number of rotatable bonds is 10. The molecule has 3 N–H and O–H groups in total. The Morgan fingerprint density at radius 2 is 1.87 bits per heavy atom. The summed E-state index contributed by atoms with van der Waals surface area (Å²) in [5.41, 5.74) is 1.78. The Balaban J connectivity index is 2.10. The Labute approximate surface area is 189 Å². The monoisotopic (exact) mass is 463 g/mol. The van der Waals surface area contributed by atoms with Crippen molar-refractivity contribution in [3.63, 3.8) is 0 Å². The van der Waals surface area contributed by atoms with Crippen molar-refractivity contribution in [1.82, 2.24) is 15.4 Å². The number of carbonyl (C=O) groups is 1. The van der Waals surface area contributed by atoms with Crippen LogP contribution in [-0.4, -0.2) is 33.6 Å². The molecule has 0 aliphatic heterocycles. The lowest BCUT2D eigenvalue weighted by Crippen LogP contribution is -2.37. The molecule has 0 aliphatic rings. The van der Waals surface area contributed by atoms with E-state index in [1.807, 2.05) is 30.3 Å². The van der Waals surface area contributed by atoms with Crippen LogP contribution in [0.15, 0.2) is 53.4 Å². The van der Waals surface area contributed by atoms with E-state index in [4.69, 9.17) is 17.0 Å². The number of hydrogen-bond donors (Lipinski definition) is 3. The minimum absolute atomic E-state index is 0.0188. The number of hydrogen-bond acceptors (Lipinski definition) is 5. The molecular formula is C22H29N3O4S2. The molecule has 168 valence electrons. The van der Waals surface area contributed by atoms with Crippen molar-refractivity contribution >= 4 is 33.3 Å². The number of sulfonamides is 1. The molecule has 31 heavy (non-hydrogen) atoms. The summed E-state index contributed by atoms with van der Waals surface area (Å²) < 4.78 is 32.8. The number of amides is 1. The fourth-order valence-electron chi connectivity index (χ4n) is 3.14. The van der Waals surface area contributed by atoms with Gasteiger partial charge in [-0.2, -0.15) is 0 Å². The maximum absolute atomic E-state index is 12.6. The fraction of sp³-hybridized carbons (Fsp3) is 0.364. The summed E-state index contributed by atoms with van der Waals surface area (Å²) >= 11 is 4.91. The largest absolute Gasteiger partial charge is 0.495 e. The van der Waals surface area contributed by atoms with Crippen LogP contribution >= 0.6 is 12.2 Å². The molecule has 1 amide bonds. The van der Waals surface area contributed by atoms with Gasteiger partial charge in [-0.3, -0.25) is 9.52 Å². The highest BCUT2D eigenvalue weighted by molar-refractivity contribution is 7.92. The van der Waals surface area contributed by atoms with E-state index in [0.717, 1.165) is 18.4 Å². The summed E-state index contributed by atoms with van der Waals surface area (Å²) in [6.45, 7) is 2.08. The van der Waals surface area contributed by atoms with E-state index in [9.17, 15) is 13.2 Å². The zero-order chi connectivity index (χ0) is 22.9. The Kier molecular flexibility index (Phi) is 9.26. The molecule has 2 rings (SSSR count). The molecule has 0 fully saturated rings. The predicted octanol–water partition coefficient (Wildman–Crippen LogP) is 3.07. The van der Waals surface area contributed by atoms with Crippen molar-refractivity contribution in [2.75, 3.05) is 14.2 Å². The van der Waals surface area contributed by atoms with E-state index < -0.39 is 10.0 Å². The van der Waals surface area contributed by atoms with Crippen LogP contribution in [0.3, 0.4) is 0 Å². The van der Waals surface area contributed by atoms with Crippen molar-refractivity contribution in [1.29, 1.82) is 0 Å². The van der Waals surface area contributed by atoms with Gasteiger partial charge in [0.2, 0.25) is 5.91 Å². The van der Waals surface area contributed by atoms with Gasteiger partial charge in [0.1, 0.15) is 10.6 Å². The number of carbonyl (C=O) groups excluding carboxylic acids is 1. The third-order valence-electron chi connectivity index (χ3n) is 4.73. The summed E-state index contributed by atoms with van der Waals surface area (Å²) in [5, 5.41) is 5.64. The Hall–Kier alpha value is -2.65. The zero-order valence-corrected chi connectivity index (χ0v) is 19.6. The maximum Gasteiger partial charge on any atom is 0.267 e. The summed E-state index contributed by atoms with van der Waals surface area (Å²) in [6.07, 6.45) is 2.42. The van der Waals surface area contributed by atoms with Crippen LogP contribution in [0.1, 0.15) is 43.4 Å². The van der Waals surface area contributed by atoms with Crippen LogP contribution in [0.5, 0.6) is 5.75 Å². The minimum Gasteiger partial charge on any atom is -0.495 e. The molecule has 0 aliphatic carbocycles. The van der Waals surface area contributed by atoms with Gasteiger partial charge < -0.3 is 15.4 Å². The topological polar surface area (TPSA) is 96.5 Å². The van der Waals surface area contributed by atoms with Crippen LogP contribution in [0.25, 0.3) is 0 Å². The second kappa shape index (κ2) is 11.7. The van der Waals surface area contributed by atoms with E-state index in [0.29, 0.717) is 12.0 Å². The van der Waals surface area contributed by atoms with Crippen molar-refractivity contribution in [3.05, 3.63) is 59.7 Å². The Morgan fingerprint density at radius 3 is 2.48 bits per heavy atom. The SMILES string of the molecule is CCC[C@H](NC(=O)CCc1ccc(OC)c(S(=O)(=O)NC(=S)NC)c1)c1ccccc1. The molecule has 0 bridgehead atoms. The van der Waals surface area contributed by atoms with Crippen LogP contribution in [-0.2, 0) is 21.2 Å². The number of methoxy groups -OCH3 is 1. The Bertz CT molecular complexity index is 995.